The van der Waals surface area contributed by atoms with Crippen molar-refractivity contribution in [2.75, 3.05) is 0 Å². The van der Waals surface area contributed by atoms with Gasteiger partial charge in [-0.25, -0.2) is 0 Å². The van der Waals surface area contributed by atoms with Gasteiger partial charge in [-0.1, -0.05) is 54.6 Å². The van der Waals surface area contributed by atoms with Crippen molar-refractivity contribution in [2.45, 2.75) is 31.1 Å². The predicted octanol–water partition coefficient (Wildman–Crippen LogP) is 3.90. The molecule has 0 atom stereocenters. The van der Waals surface area contributed by atoms with Crippen LogP contribution in [0, 0.1) is 6.92 Å². The summed E-state index contributed by atoms with van der Waals surface area (Å²) in [6.45, 7) is 2.00. The lowest BCUT2D eigenvalue weighted by molar-refractivity contribution is -0.148. The van der Waals surface area contributed by atoms with Gasteiger partial charge < -0.3 is 5.11 Å². The highest BCUT2D eigenvalue weighted by Crippen LogP contribution is 2.53. The summed E-state index contributed by atoms with van der Waals surface area (Å²) in [5.41, 5.74) is 2.59. The minimum absolute atomic E-state index is 0.354. The van der Waals surface area contributed by atoms with Crippen molar-refractivity contribution in [3.8, 4) is 0 Å². The Balaban J connectivity index is 1.91. The zero-order valence-electron chi connectivity index (χ0n) is 11.5. The van der Waals surface area contributed by atoms with Gasteiger partial charge >= 0.3 is 5.97 Å². The molecule has 0 bridgehead atoms. The second-order valence-corrected chi connectivity index (χ2v) is 5.72. The molecule has 1 N–H and O–H groups in total. The SMILES string of the molecule is Cc1ccccc1C1(C(=O)O)CC(c2ccccc2)C1. The molecule has 2 heteroatoms. The van der Waals surface area contributed by atoms with Crippen LogP contribution < -0.4 is 0 Å². The molecule has 2 aromatic rings. The Hall–Kier alpha value is -2.09. The average molecular weight is 266 g/mol. The van der Waals surface area contributed by atoms with Crippen LogP contribution in [0.15, 0.2) is 54.6 Å². The van der Waals surface area contributed by atoms with E-state index in [1.807, 2.05) is 49.4 Å². The van der Waals surface area contributed by atoms with Gasteiger partial charge in [-0.3, -0.25) is 4.79 Å². The van der Waals surface area contributed by atoms with Crippen LogP contribution in [0.5, 0.6) is 0 Å². The summed E-state index contributed by atoms with van der Waals surface area (Å²) in [5, 5.41) is 9.73. The fraction of sp³-hybridized carbons (Fsp3) is 0.278. The quantitative estimate of drug-likeness (QED) is 0.915. The van der Waals surface area contributed by atoms with Crippen molar-refractivity contribution in [2.24, 2.45) is 0 Å². The molecule has 0 spiro atoms. The first kappa shape index (κ1) is 12.9. The van der Waals surface area contributed by atoms with E-state index in [0.717, 1.165) is 11.1 Å². The summed E-state index contributed by atoms with van der Waals surface area (Å²) >= 11 is 0. The number of carbonyl (C=O) groups is 1. The maximum atomic E-state index is 11.8. The molecule has 3 rings (SSSR count). The molecule has 0 aromatic heterocycles. The smallest absolute Gasteiger partial charge is 0.314 e. The molecule has 0 unspecified atom stereocenters. The van der Waals surface area contributed by atoms with E-state index in [4.69, 9.17) is 0 Å². The molecule has 0 saturated heterocycles. The number of hydrogen-bond donors (Lipinski definition) is 1. The van der Waals surface area contributed by atoms with E-state index in [1.54, 1.807) is 0 Å². The first-order valence-corrected chi connectivity index (χ1v) is 6.98. The van der Waals surface area contributed by atoms with Crippen LogP contribution in [0.4, 0.5) is 0 Å². The highest BCUT2D eigenvalue weighted by atomic mass is 16.4. The van der Waals surface area contributed by atoms with Gasteiger partial charge in [0, 0.05) is 0 Å². The lowest BCUT2D eigenvalue weighted by Crippen LogP contribution is -2.47. The Morgan fingerprint density at radius 1 is 1.05 bits per heavy atom. The molecular formula is C18H18O2. The Bertz CT molecular complexity index is 625. The second kappa shape index (κ2) is 4.78. The van der Waals surface area contributed by atoms with Gasteiger partial charge in [0.15, 0.2) is 0 Å². The molecule has 2 nitrogen and oxygen atoms in total. The molecule has 1 saturated carbocycles. The molecule has 2 aromatic carbocycles. The van der Waals surface area contributed by atoms with Gasteiger partial charge in [-0.15, -0.1) is 0 Å². The molecule has 0 aliphatic heterocycles. The number of hydrogen-bond acceptors (Lipinski definition) is 1. The number of aryl methyl sites for hydroxylation is 1. The number of aliphatic carboxylic acids is 1. The first-order valence-electron chi connectivity index (χ1n) is 6.98. The summed E-state index contributed by atoms with van der Waals surface area (Å²) in [6.07, 6.45) is 1.38. The molecule has 102 valence electrons. The third-order valence-electron chi connectivity index (χ3n) is 4.53. The Kier molecular flexibility index (Phi) is 3.09. The highest BCUT2D eigenvalue weighted by Gasteiger charge is 2.52. The largest absolute Gasteiger partial charge is 0.481 e. The van der Waals surface area contributed by atoms with Crippen LogP contribution in [0.2, 0.25) is 0 Å². The summed E-state index contributed by atoms with van der Waals surface area (Å²) in [6, 6.07) is 18.1. The lowest BCUT2D eigenvalue weighted by atomic mass is 9.56. The van der Waals surface area contributed by atoms with Crippen LogP contribution in [0.1, 0.15) is 35.4 Å². The van der Waals surface area contributed by atoms with E-state index in [0.29, 0.717) is 18.8 Å². The van der Waals surface area contributed by atoms with Crippen molar-refractivity contribution >= 4 is 5.97 Å². The average Bonchev–Trinajstić information content (AvgIpc) is 2.40. The maximum absolute atomic E-state index is 11.8. The second-order valence-electron chi connectivity index (χ2n) is 5.72. The van der Waals surface area contributed by atoms with E-state index in [2.05, 4.69) is 12.1 Å². The van der Waals surface area contributed by atoms with Gasteiger partial charge in [0.2, 0.25) is 0 Å². The van der Waals surface area contributed by atoms with E-state index in [9.17, 15) is 9.90 Å². The van der Waals surface area contributed by atoms with Crippen LogP contribution >= 0.6 is 0 Å². The predicted molar refractivity (Wildman–Crippen MR) is 78.9 cm³/mol. The highest BCUT2D eigenvalue weighted by molar-refractivity contribution is 5.84. The van der Waals surface area contributed by atoms with Crippen molar-refractivity contribution in [3.63, 3.8) is 0 Å². The Morgan fingerprint density at radius 3 is 2.25 bits per heavy atom. The van der Waals surface area contributed by atoms with E-state index in [-0.39, 0.29) is 0 Å². The summed E-state index contributed by atoms with van der Waals surface area (Å²) in [7, 11) is 0. The molecule has 20 heavy (non-hydrogen) atoms. The summed E-state index contributed by atoms with van der Waals surface area (Å²) in [5.74, 6) is -0.342. The number of carboxylic acids is 1. The molecule has 1 aliphatic carbocycles. The monoisotopic (exact) mass is 266 g/mol. The number of carboxylic acid groups (broad SMARTS) is 1. The lowest BCUT2D eigenvalue weighted by Gasteiger charge is -2.45. The zero-order chi connectivity index (χ0) is 14.2. The maximum Gasteiger partial charge on any atom is 0.314 e. The van der Waals surface area contributed by atoms with E-state index >= 15 is 0 Å². The number of benzene rings is 2. The summed E-state index contributed by atoms with van der Waals surface area (Å²) < 4.78 is 0. The van der Waals surface area contributed by atoms with Crippen LogP contribution in [-0.4, -0.2) is 11.1 Å². The van der Waals surface area contributed by atoms with E-state index in [1.165, 1.54) is 5.56 Å². The van der Waals surface area contributed by atoms with Crippen molar-refractivity contribution < 1.29 is 9.90 Å². The standard InChI is InChI=1S/C18H18O2/c1-13-7-5-6-10-16(13)18(17(19)20)11-15(12-18)14-8-3-2-4-9-14/h2-10,15H,11-12H2,1H3,(H,19,20). The third kappa shape index (κ3) is 1.92. The van der Waals surface area contributed by atoms with Gasteiger partial charge in [0.05, 0.1) is 5.41 Å². The van der Waals surface area contributed by atoms with Gasteiger partial charge in [-0.2, -0.15) is 0 Å². The van der Waals surface area contributed by atoms with Gasteiger partial charge in [0.1, 0.15) is 0 Å². The normalized spacial score (nSPS) is 24.9. The number of rotatable bonds is 3. The zero-order valence-corrected chi connectivity index (χ0v) is 11.5. The summed E-state index contributed by atoms with van der Waals surface area (Å²) in [4.78, 5) is 11.8. The third-order valence-corrected chi connectivity index (χ3v) is 4.53. The molecule has 0 amide bonds. The fourth-order valence-electron chi connectivity index (χ4n) is 3.36. The Labute approximate surface area is 119 Å². The van der Waals surface area contributed by atoms with Crippen LogP contribution in [0.3, 0.4) is 0 Å². The Morgan fingerprint density at radius 2 is 1.65 bits per heavy atom. The topological polar surface area (TPSA) is 37.3 Å². The van der Waals surface area contributed by atoms with Crippen molar-refractivity contribution in [1.82, 2.24) is 0 Å². The first-order chi connectivity index (χ1) is 9.63. The minimum atomic E-state index is -0.703. The molecule has 0 radical (unpaired) electrons. The molecule has 1 fully saturated rings. The van der Waals surface area contributed by atoms with Crippen molar-refractivity contribution in [3.05, 3.63) is 71.3 Å². The minimum Gasteiger partial charge on any atom is -0.481 e. The van der Waals surface area contributed by atoms with Gasteiger partial charge in [-0.05, 0) is 42.4 Å². The van der Waals surface area contributed by atoms with E-state index < -0.39 is 11.4 Å². The molecular weight excluding hydrogens is 248 g/mol. The fourth-order valence-corrected chi connectivity index (χ4v) is 3.36. The molecule has 1 aliphatic rings. The van der Waals surface area contributed by atoms with Crippen molar-refractivity contribution in [1.29, 1.82) is 0 Å². The van der Waals surface area contributed by atoms with Gasteiger partial charge in [0.25, 0.3) is 0 Å². The molecule has 0 heterocycles. The van der Waals surface area contributed by atoms with Crippen LogP contribution in [-0.2, 0) is 10.2 Å². The van der Waals surface area contributed by atoms with Crippen LogP contribution in [0.25, 0.3) is 0 Å².